The predicted octanol–water partition coefficient (Wildman–Crippen LogP) is 3.23. The minimum Gasteiger partial charge on any atom is -0.438 e. The van der Waals surface area contributed by atoms with Crippen LogP contribution >= 0.6 is 0 Å². The molecular weight excluding hydrogens is 192 g/mol. The third-order valence-electron chi connectivity index (χ3n) is 3.38. The van der Waals surface area contributed by atoms with Gasteiger partial charge < -0.3 is 9.47 Å². The highest BCUT2D eigenvalue weighted by Gasteiger charge is 2.33. The second-order valence-electron chi connectivity index (χ2n) is 4.94. The highest BCUT2D eigenvalue weighted by atomic mass is 16.7. The third-order valence-corrected chi connectivity index (χ3v) is 3.38. The van der Waals surface area contributed by atoms with Gasteiger partial charge in [-0.1, -0.05) is 27.2 Å². The van der Waals surface area contributed by atoms with E-state index in [9.17, 15) is 4.79 Å². The molecule has 0 aromatic heterocycles. The minimum atomic E-state index is -0.542. The Kier molecular flexibility index (Phi) is 4.43. The van der Waals surface area contributed by atoms with Crippen molar-refractivity contribution in [3.8, 4) is 0 Å². The standard InChI is InChI=1S/C12H22O3/c1-8(2)10-6-5-9(3)7-11(10)15-12(13)14-4/h8-11H,5-7H2,1-4H3. The molecule has 0 heterocycles. The molecule has 0 aromatic rings. The van der Waals surface area contributed by atoms with Crippen molar-refractivity contribution in [2.45, 2.75) is 46.1 Å². The fourth-order valence-electron chi connectivity index (χ4n) is 2.42. The van der Waals surface area contributed by atoms with E-state index in [2.05, 4.69) is 25.5 Å². The molecule has 3 atom stereocenters. The van der Waals surface area contributed by atoms with E-state index in [1.54, 1.807) is 0 Å². The Bertz CT molecular complexity index is 213. The molecule has 0 bridgehead atoms. The van der Waals surface area contributed by atoms with Crippen LogP contribution in [-0.4, -0.2) is 19.4 Å². The van der Waals surface area contributed by atoms with Crippen LogP contribution in [0.15, 0.2) is 0 Å². The summed E-state index contributed by atoms with van der Waals surface area (Å²) in [5.74, 6) is 1.70. The number of carbonyl (C=O) groups is 1. The van der Waals surface area contributed by atoms with Gasteiger partial charge in [-0.15, -0.1) is 0 Å². The van der Waals surface area contributed by atoms with E-state index in [4.69, 9.17) is 4.74 Å². The van der Waals surface area contributed by atoms with Crippen molar-refractivity contribution in [1.82, 2.24) is 0 Å². The van der Waals surface area contributed by atoms with E-state index < -0.39 is 6.16 Å². The lowest BCUT2D eigenvalue weighted by molar-refractivity contribution is -0.0248. The predicted molar refractivity (Wildman–Crippen MR) is 58.6 cm³/mol. The quantitative estimate of drug-likeness (QED) is 0.662. The van der Waals surface area contributed by atoms with Gasteiger partial charge in [0.2, 0.25) is 0 Å². The first-order valence-corrected chi connectivity index (χ1v) is 5.79. The summed E-state index contributed by atoms with van der Waals surface area (Å²) in [5.41, 5.74) is 0. The summed E-state index contributed by atoms with van der Waals surface area (Å²) in [6, 6.07) is 0. The Labute approximate surface area is 92.1 Å². The molecule has 3 unspecified atom stereocenters. The molecule has 88 valence electrons. The average Bonchev–Trinajstić information content (AvgIpc) is 2.17. The van der Waals surface area contributed by atoms with Crippen LogP contribution in [0.5, 0.6) is 0 Å². The van der Waals surface area contributed by atoms with Crippen molar-refractivity contribution in [3.05, 3.63) is 0 Å². The molecule has 15 heavy (non-hydrogen) atoms. The highest BCUT2D eigenvalue weighted by Crippen LogP contribution is 2.35. The van der Waals surface area contributed by atoms with Gasteiger partial charge in [-0.25, -0.2) is 4.79 Å². The van der Waals surface area contributed by atoms with Crippen molar-refractivity contribution in [2.75, 3.05) is 7.11 Å². The van der Waals surface area contributed by atoms with Gasteiger partial charge in [0.1, 0.15) is 6.10 Å². The Balaban J connectivity index is 2.57. The number of rotatable bonds is 2. The largest absolute Gasteiger partial charge is 0.508 e. The maximum Gasteiger partial charge on any atom is 0.508 e. The maximum absolute atomic E-state index is 11.1. The monoisotopic (exact) mass is 214 g/mol. The van der Waals surface area contributed by atoms with Crippen LogP contribution in [0, 0.1) is 17.8 Å². The van der Waals surface area contributed by atoms with E-state index in [0.717, 1.165) is 12.8 Å². The Hall–Kier alpha value is -0.730. The second kappa shape index (κ2) is 5.38. The molecule has 3 nitrogen and oxygen atoms in total. The third kappa shape index (κ3) is 3.40. The molecule has 0 aliphatic heterocycles. The maximum atomic E-state index is 11.1. The number of methoxy groups -OCH3 is 1. The highest BCUT2D eigenvalue weighted by molar-refractivity contribution is 5.59. The van der Waals surface area contributed by atoms with E-state index in [0.29, 0.717) is 17.8 Å². The van der Waals surface area contributed by atoms with Gasteiger partial charge in [-0.05, 0) is 30.6 Å². The molecule has 0 radical (unpaired) electrons. The molecule has 0 saturated heterocycles. The summed E-state index contributed by atoms with van der Waals surface area (Å²) in [6.45, 7) is 6.59. The van der Waals surface area contributed by atoms with Crippen LogP contribution in [0.3, 0.4) is 0 Å². The van der Waals surface area contributed by atoms with E-state index >= 15 is 0 Å². The molecular formula is C12H22O3. The van der Waals surface area contributed by atoms with Gasteiger partial charge in [0.15, 0.2) is 0 Å². The molecule has 0 N–H and O–H groups in total. The molecule has 1 aliphatic carbocycles. The van der Waals surface area contributed by atoms with Crippen molar-refractivity contribution in [3.63, 3.8) is 0 Å². The van der Waals surface area contributed by atoms with E-state index in [-0.39, 0.29) is 6.10 Å². The molecule has 0 aromatic carbocycles. The zero-order valence-corrected chi connectivity index (χ0v) is 10.2. The van der Waals surface area contributed by atoms with Gasteiger partial charge in [-0.3, -0.25) is 0 Å². The molecule has 1 fully saturated rings. The normalized spacial score (nSPS) is 31.4. The first-order chi connectivity index (χ1) is 7.04. The summed E-state index contributed by atoms with van der Waals surface area (Å²) in [7, 11) is 1.36. The molecule has 1 saturated carbocycles. The van der Waals surface area contributed by atoms with Gasteiger partial charge >= 0.3 is 6.16 Å². The Morgan fingerprint density at radius 3 is 2.53 bits per heavy atom. The summed E-state index contributed by atoms with van der Waals surface area (Å²) < 4.78 is 9.88. The van der Waals surface area contributed by atoms with Crippen molar-refractivity contribution in [1.29, 1.82) is 0 Å². The van der Waals surface area contributed by atoms with E-state index in [1.807, 2.05) is 0 Å². The topological polar surface area (TPSA) is 35.5 Å². The number of hydrogen-bond acceptors (Lipinski definition) is 3. The molecule has 1 aliphatic rings. The van der Waals surface area contributed by atoms with Gasteiger partial charge in [0.25, 0.3) is 0 Å². The van der Waals surface area contributed by atoms with Gasteiger partial charge in [0.05, 0.1) is 7.11 Å². The minimum absolute atomic E-state index is 0.0428. The first-order valence-electron chi connectivity index (χ1n) is 5.79. The zero-order valence-electron chi connectivity index (χ0n) is 10.2. The van der Waals surface area contributed by atoms with Crippen LogP contribution in [-0.2, 0) is 9.47 Å². The average molecular weight is 214 g/mol. The zero-order chi connectivity index (χ0) is 11.4. The lowest BCUT2D eigenvalue weighted by Crippen LogP contribution is -2.35. The molecule has 1 rings (SSSR count). The van der Waals surface area contributed by atoms with E-state index in [1.165, 1.54) is 13.5 Å². The Morgan fingerprint density at radius 2 is 2.00 bits per heavy atom. The first kappa shape index (κ1) is 12.3. The second-order valence-corrected chi connectivity index (χ2v) is 4.94. The Morgan fingerprint density at radius 1 is 1.33 bits per heavy atom. The summed E-state index contributed by atoms with van der Waals surface area (Å²) in [6.07, 6.45) is 2.86. The van der Waals surface area contributed by atoms with Crippen molar-refractivity contribution < 1.29 is 14.3 Å². The lowest BCUT2D eigenvalue weighted by Gasteiger charge is -2.36. The molecule has 3 heteroatoms. The number of ether oxygens (including phenoxy) is 2. The number of hydrogen-bond donors (Lipinski definition) is 0. The van der Waals surface area contributed by atoms with Gasteiger partial charge in [0, 0.05) is 0 Å². The van der Waals surface area contributed by atoms with Crippen LogP contribution in [0.1, 0.15) is 40.0 Å². The SMILES string of the molecule is COC(=O)OC1CC(C)CCC1C(C)C. The van der Waals surface area contributed by atoms with Crippen LogP contribution in [0.4, 0.5) is 4.79 Å². The molecule has 0 amide bonds. The van der Waals surface area contributed by atoms with Crippen LogP contribution in [0.2, 0.25) is 0 Å². The van der Waals surface area contributed by atoms with Crippen molar-refractivity contribution >= 4 is 6.16 Å². The number of carbonyl (C=O) groups excluding carboxylic acids is 1. The van der Waals surface area contributed by atoms with Crippen LogP contribution < -0.4 is 0 Å². The summed E-state index contributed by atoms with van der Waals surface area (Å²) >= 11 is 0. The lowest BCUT2D eigenvalue weighted by atomic mass is 9.75. The van der Waals surface area contributed by atoms with Crippen LogP contribution in [0.25, 0.3) is 0 Å². The summed E-state index contributed by atoms with van der Waals surface area (Å²) in [4.78, 5) is 11.1. The molecule has 0 spiro atoms. The van der Waals surface area contributed by atoms with Crippen molar-refractivity contribution in [2.24, 2.45) is 17.8 Å². The fraction of sp³-hybridized carbons (Fsp3) is 0.917. The van der Waals surface area contributed by atoms with Gasteiger partial charge in [-0.2, -0.15) is 0 Å². The fourth-order valence-corrected chi connectivity index (χ4v) is 2.42. The summed E-state index contributed by atoms with van der Waals surface area (Å²) in [5, 5.41) is 0. The smallest absolute Gasteiger partial charge is 0.438 e.